The third-order valence-corrected chi connectivity index (χ3v) is 9.03. The highest BCUT2D eigenvalue weighted by Crippen LogP contribution is 2.33. The number of nitrogens with one attached hydrogen (secondary N) is 2. The molecule has 0 aliphatic carbocycles. The predicted octanol–water partition coefficient (Wildman–Crippen LogP) is 6.07. The number of hydrogen-bond acceptors (Lipinski definition) is 7. The minimum Gasteiger partial charge on any atom is -0.506 e. The van der Waals surface area contributed by atoms with E-state index in [1.807, 2.05) is 27.7 Å². The van der Waals surface area contributed by atoms with Gasteiger partial charge in [0.1, 0.15) is 34.7 Å². The number of nitrogens with zero attached hydrogens (tertiary/aromatic N) is 5. The Kier molecular flexibility index (Phi) is 12.2. The molecule has 0 spiro atoms. The molecule has 236 valence electrons. The fourth-order valence-electron chi connectivity index (χ4n) is 4.52. The largest absolute Gasteiger partial charge is 0.506 e. The van der Waals surface area contributed by atoms with Gasteiger partial charge in [0.15, 0.2) is 0 Å². The van der Waals surface area contributed by atoms with Gasteiger partial charge in [-0.05, 0) is 59.1 Å². The van der Waals surface area contributed by atoms with Gasteiger partial charge in [0.2, 0.25) is 5.91 Å². The van der Waals surface area contributed by atoms with Crippen LogP contribution in [0.1, 0.15) is 61.0 Å². The lowest BCUT2D eigenvalue weighted by Crippen LogP contribution is -2.44. The van der Waals surface area contributed by atoms with Crippen LogP contribution in [0.2, 0.25) is 25.7 Å². The zero-order valence-electron chi connectivity index (χ0n) is 25.9. The Morgan fingerprint density at radius 1 is 1.16 bits per heavy atom. The van der Waals surface area contributed by atoms with Crippen LogP contribution < -0.4 is 10.6 Å². The molecule has 3 N–H and O–H groups in total. The Bertz CT molecular complexity index is 1400. The van der Waals surface area contributed by atoms with Crippen LogP contribution in [-0.2, 0) is 16.3 Å². The van der Waals surface area contributed by atoms with Crippen LogP contribution in [0.5, 0.6) is 5.75 Å². The van der Waals surface area contributed by atoms with E-state index >= 15 is 0 Å². The number of aromatic nitrogens is 5. The van der Waals surface area contributed by atoms with Crippen molar-refractivity contribution in [2.24, 2.45) is 0 Å². The first kappa shape index (κ1) is 34.6. The standard InChI is InChI=1S/C29H43Cl2N7O4Si/c1-18(2)38-23(11-12-33-38)29(41)35-22(9-8-10-25(30)31)28(40)34-21-15-24(39)27(32-16-21)26-19(3)36-37(20(26)4)17-42-13-14-43(5,6)7/h11-12,15-16,18,22,25,39H,8-10,13-14,17H2,1-7H3,(H,34,40)(H,35,41)/t22-/m0/s1. The first-order chi connectivity index (χ1) is 20.2. The molecule has 0 aromatic carbocycles. The molecular weight excluding hydrogens is 609 g/mol. The number of aryl methyl sites for hydroxylation is 1. The topological polar surface area (TPSA) is 136 Å². The van der Waals surface area contributed by atoms with Crippen molar-refractivity contribution in [2.45, 2.75) is 96.3 Å². The number of amides is 2. The van der Waals surface area contributed by atoms with Crippen LogP contribution in [0, 0.1) is 13.8 Å². The maximum Gasteiger partial charge on any atom is 0.270 e. The van der Waals surface area contributed by atoms with Gasteiger partial charge in [0.05, 0.1) is 17.6 Å². The van der Waals surface area contributed by atoms with Crippen LogP contribution in [-0.4, -0.2) is 67.0 Å². The fourth-order valence-corrected chi connectivity index (χ4v) is 5.59. The lowest BCUT2D eigenvalue weighted by Gasteiger charge is -2.20. The maximum absolute atomic E-state index is 13.3. The Labute approximate surface area is 264 Å². The number of ether oxygens (including phenoxy) is 1. The molecule has 3 aromatic heterocycles. The Balaban J connectivity index is 1.74. The number of anilines is 1. The second-order valence-corrected chi connectivity index (χ2v) is 19.0. The van der Waals surface area contributed by atoms with E-state index in [0.717, 1.165) is 11.7 Å². The van der Waals surface area contributed by atoms with Crippen molar-refractivity contribution in [3.05, 3.63) is 41.6 Å². The van der Waals surface area contributed by atoms with E-state index in [4.69, 9.17) is 27.9 Å². The van der Waals surface area contributed by atoms with Crippen LogP contribution in [0.3, 0.4) is 0 Å². The van der Waals surface area contributed by atoms with Gasteiger partial charge in [-0.1, -0.05) is 19.6 Å². The molecule has 0 radical (unpaired) electrons. The second-order valence-electron chi connectivity index (χ2n) is 12.1. The minimum absolute atomic E-state index is 0.0364. The molecule has 0 bridgehead atoms. The number of pyridine rings is 1. The number of carbonyl (C=O) groups excluding carboxylic acids is 2. The van der Waals surface area contributed by atoms with E-state index < -0.39 is 30.8 Å². The Morgan fingerprint density at radius 2 is 1.88 bits per heavy atom. The Hall–Kier alpha value is -2.93. The normalized spacial score (nSPS) is 12.6. The van der Waals surface area contributed by atoms with Crippen molar-refractivity contribution >= 4 is 48.8 Å². The number of alkyl halides is 2. The van der Waals surface area contributed by atoms with E-state index in [1.54, 1.807) is 21.6 Å². The quantitative estimate of drug-likeness (QED) is 0.103. The molecular formula is C29H43Cl2N7O4Si. The van der Waals surface area contributed by atoms with Gasteiger partial charge in [0, 0.05) is 44.2 Å². The van der Waals surface area contributed by atoms with Crippen LogP contribution in [0.4, 0.5) is 5.69 Å². The van der Waals surface area contributed by atoms with Gasteiger partial charge in [-0.25, -0.2) is 4.68 Å². The summed E-state index contributed by atoms with van der Waals surface area (Å²) >= 11 is 11.8. The summed E-state index contributed by atoms with van der Waals surface area (Å²) in [7, 11) is -1.20. The van der Waals surface area contributed by atoms with Crippen LogP contribution >= 0.6 is 23.2 Å². The summed E-state index contributed by atoms with van der Waals surface area (Å²) in [5.41, 5.74) is 3.19. The monoisotopic (exact) mass is 651 g/mol. The summed E-state index contributed by atoms with van der Waals surface area (Å²) in [6, 6.07) is 3.17. The van der Waals surface area contributed by atoms with Gasteiger partial charge < -0.3 is 20.5 Å². The van der Waals surface area contributed by atoms with Gasteiger partial charge >= 0.3 is 0 Å². The third-order valence-electron chi connectivity index (χ3n) is 6.89. The van der Waals surface area contributed by atoms with Gasteiger partial charge in [-0.15, -0.1) is 23.2 Å². The van der Waals surface area contributed by atoms with Crippen molar-refractivity contribution in [1.29, 1.82) is 0 Å². The molecule has 0 aliphatic heterocycles. The van der Waals surface area contributed by atoms with Crippen molar-refractivity contribution in [2.75, 3.05) is 11.9 Å². The van der Waals surface area contributed by atoms with E-state index in [1.165, 1.54) is 12.3 Å². The zero-order valence-corrected chi connectivity index (χ0v) is 28.5. The van der Waals surface area contributed by atoms with Crippen molar-refractivity contribution in [3.63, 3.8) is 0 Å². The molecule has 1 atom stereocenters. The van der Waals surface area contributed by atoms with Crippen molar-refractivity contribution in [3.8, 4) is 17.0 Å². The first-order valence-electron chi connectivity index (χ1n) is 14.4. The maximum atomic E-state index is 13.3. The SMILES string of the molecule is Cc1nn(COCC[Si](C)(C)C)c(C)c1-c1ncc(NC(=O)[C@H](CCCC(Cl)Cl)NC(=O)c2ccnn2C(C)C)cc1O. The van der Waals surface area contributed by atoms with Crippen LogP contribution in [0.15, 0.2) is 24.5 Å². The molecule has 0 unspecified atom stereocenters. The summed E-state index contributed by atoms with van der Waals surface area (Å²) in [5.74, 6) is -1.01. The molecule has 0 saturated heterocycles. The number of aromatic hydroxyl groups is 1. The average Bonchev–Trinajstić information content (AvgIpc) is 3.50. The number of rotatable bonds is 15. The highest BCUT2D eigenvalue weighted by atomic mass is 35.5. The summed E-state index contributed by atoms with van der Waals surface area (Å²) in [6.07, 6.45) is 4.28. The van der Waals surface area contributed by atoms with Gasteiger partial charge in [0.25, 0.3) is 5.91 Å². The smallest absolute Gasteiger partial charge is 0.270 e. The Morgan fingerprint density at radius 3 is 2.51 bits per heavy atom. The highest BCUT2D eigenvalue weighted by Gasteiger charge is 2.25. The van der Waals surface area contributed by atoms with E-state index in [2.05, 4.69) is 45.5 Å². The lowest BCUT2D eigenvalue weighted by molar-refractivity contribution is -0.118. The molecule has 0 saturated carbocycles. The summed E-state index contributed by atoms with van der Waals surface area (Å²) in [6.45, 7) is 15.5. The van der Waals surface area contributed by atoms with Crippen LogP contribution in [0.25, 0.3) is 11.3 Å². The molecule has 3 rings (SSSR count). The first-order valence-corrected chi connectivity index (χ1v) is 19.0. The molecule has 14 heteroatoms. The van der Waals surface area contributed by atoms with E-state index in [0.29, 0.717) is 55.2 Å². The van der Waals surface area contributed by atoms with E-state index in [9.17, 15) is 14.7 Å². The van der Waals surface area contributed by atoms with Gasteiger partial charge in [-0.3, -0.25) is 19.3 Å². The lowest BCUT2D eigenvalue weighted by atomic mass is 10.1. The summed E-state index contributed by atoms with van der Waals surface area (Å²) in [4.78, 5) is 30.3. The van der Waals surface area contributed by atoms with E-state index in [-0.39, 0.29) is 17.5 Å². The van der Waals surface area contributed by atoms with Gasteiger partial charge in [-0.2, -0.15) is 10.2 Å². The number of halogens is 2. The zero-order chi connectivity index (χ0) is 31.9. The number of hydrogen-bond donors (Lipinski definition) is 3. The summed E-state index contributed by atoms with van der Waals surface area (Å²) in [5, 5.41) is 25.3. The summed E-state index contributed by atoms with van der Waals surface area (Å²) < 4.78 is 9.21. The molecule has 11 nitrogen and oxygen atoms in total. The average molecular weight is 653 g/mol. The molecule has 0 fully saturated rings. The molecule has 0 aliphatic rings. The number of carbonyl (C=O) groups is 2. The molecule has 43 heavy (non-hydrogen) atoms. The minimum atomic E-state index is -1.20. The molecule has 3 heterocycles. The molecule has 2 amide bonds. The predicted molar refractivity (Wildman–Crippen MR) is 173 cm³/mol. The van der Waals surface area contributed by atoms with Crippen molar-refractivity contribution < 1.29 is 19.4 Å². The highest BCUT2D eigenvalue weighted by molar-refractivity contribution is 6.76. The fraction of sp³-hybridized carbons (Fsp3) is 0.552. The van der Waals surface area contributed by atoms with Crippen molar-refractivity contribution in [1.82, 2.24) is 29.9 Å². The molecule has 3 aromatic rings. The second kappa shape index (κ2) is 15.2. The third kappa shape index (κ3) is 9.78.